The number of fused-ring (bicyclic) bond motifs is 1. The second-order valence-corrected chi connectivity index (χ2v) is 2.70. The van der Waals surface area contributed by atoms with Crippen LogP contribution in [0.4, 0.5) is 4.39 Å². The molecule has 1 aromatic heterocycles. The van der Waals surface area contributed by atoms with Gasteiger partial charge in [0.2, 0.25) is 0 Å². The van der Waals surface area contributed by atoms with Gasteiger partial charge in [0.1, 0.15) is 5.82 Å². The van der Waals surface area contributed by atoms with Crippen LogP contribution in [0.25, 0.3) is 11.0 Å². The van der Waals surface area contributed by atoms with Crippen molar-refractivity contribution in [3.05, 3.63) is 29.8 Å². The molecule has 2 aromatic rings. The van der Waals surface area contributed by atoms with E-state index in [-0.39, 0.29) is 12.2 Å². The summed E-state index contributed by atoms with van der Waals surface area (Å²) >= 11 is 0. The molecule has 0 atom stereocenters. The van der Waals surface area contributed by atoms with Crippen molar-refractivity contribution in [1.29, 1.82) is 5.26 Å². The Balaban J connectivity index is 2.71. The largest absolute Gasteiger partial charge is 0.345 e. The van der Waals surface area contributed by atoms with Crippen LogP contribution in [0.15, 0.2) is 18.5 Å². The fraction of sp³-hybridized carbons (Fsp3) is 0.111. The van der Waals surface area contributed by atoms with E-state index < -0.39 is 0 Å². The number of hydrogen-bond donors (Lipinski definition) is 1. The lowest BCUT2D eigenvalue weighted by atomic mass is 10.1. The van der Waals surface area contributed by atoms with Crippen LogP contribution in [0.3, 0.4) is 0 Å². The fourth-order valence-electron chi connectivity index (χ4n) is 1.30. The van der Waals surface area contributed by atoms with Gasteiger partial charge in [0.05, 0.1) is 29.9 Å². The van der Waals surface area contributed by atoms with E-state index in [0.717, 1.165) is 0 Å². The average Bonchev–Trinajstić information content (AvgIpc) is 2.52. The molecule has 0 spiro atoms. The second-order valence-electron chi connectivity index (χ2n) is 2.70. The maximum absolute atomic E-state index is 12.9. The Labute approximate surface area is 73.8 Å². The zero-order chi connectivity index (χ0) is 9.26. The number of nitrogens with one attached hydrogen (secondary N) is 1. The first-order valence-corrected chi connectivity index (χ1v) is 3.79. The molecule has 64 valence electrons. The first-order chi connectivity index (χ1) is 6.31. The van der Waals surface area contributed by atoms with E-state index in [1.807, 2.05) is 6.07 Å². The lowest BCUT2D eigenvalue weighted by molar-refractivity contribution is 0.628. The highest BCUT2D eigenvalue weighted by atomic mass is 19.1. The van der Waals surface area contributed by atoms with Crippen LogP contribution in [0.1, 0.15) is 5.56 Å². The molecule has 0 aliphatic heterocycles. The van der Waals surface area contributed by atoms with Gasteiger partial charge in [-0.1, -0.05) is 0 Å². The Kier molecular flexibility index (Phi) is 1.71. The van der Waals surface area contributed by atoms with Gasteiger partial charge in [0.15, 0.2) is 0 Å². The number of halogens is 1. The number of imidazole rings is 1. The molecule has 0 aliphatic rings. The SMILES string of the molecule is N#CCc1cc(F)cc2[nH]cnc12. The van der Waals surface area contributed by atoms with Crippen molar-refractivity contribution < 1.29 is 4.39 Å². The van der Waals surface area contributed by atoms with Gasteiger partial charge in [-0.15, -0.1) is 0 Å². The zero-order valence-corrected chi connectivity index (χ0v) is 6.71. The molecule has 4 heteroatoms. The molecule has 0 aliphatic carbocycles. The quantitative estimate of drug-likeness (QED) is 0.718. The third-order valence-electron chi connectivity index (χ3n) is 1.84. The Bertz CT molecular complexity index is 481. The molecule has 0 amide bonds. The highest BCUT2D eigenvalue weighted by Gasteiger charge is 2.05. The Morgan fingerprint density at radius 1 is 1.54 bits per heavy atom. The van der Waals surface area contributed by atoms with E-state index in [1.165, 1.54) is 18.5 Å². The standard InChI is InChI=1S/C9H6FN3/c10-7-3-6(1-2-11)9-8(4-7)12-5-13-9/h3-5H,1H2,(H,12,13). The van der Waals surface area contributed by atoms with E-state index in [9.17, 15) is 4.39 Å². The molecule has 1 aromatic carbocycles. The first kappa shape index (κ1) is 7.74. The van der Waals surface area contributed by atoms with Crippen LogP contribution in [-0.2, 0) is 6.42 Å². The van der Waals surface area contributed by atoms with Crippen molar-refractivity contribution >= 4 is 11.0 Å². The second kappa shape index (κ2) is 2.87. The highest BCUT2D eigenvalue weighted by molar-refractivity contribution is 5.78. The van der Waals surface area contributed by atoms with E-state index in [2.05, 4.69) is 9.97 Å². The highest BCUT2D eigenvalue weighted by Crippen LogP contribution is 2.17. The summed E-state index contributed by atoms with van der Waals surface area (Å²) in [6.07, 6.45) is 1.67. The summed E-state index contributed by atoms with van der Waals surface area (Å²) in [5.74, 6) is -0.345. The lowest BCUT2D eigenvalue weighted by Crippen LogP contribution is -1.86. The summed E-state index contributed by atoms with van der Waals surface area (Å²) in [6.45, 7) is 0. The van der Waals surface area contributed by atoms with E-state index in [4.69, 9.17) is 5.26 Å². The van der Waals surface area contributed by atoms with E-state index >= 15 is 0 Å². The lowest BCUT2D eigenvalue weighted by Gasteiger charge is -1.96. The van der Waals surface area contributed by atoms with Crippen LogP contribution >= 0.6 is 0 Å². The maximum atomic E-state index is 12.9. The van der Waals surface area contributed by atoms with Crippen molar-refractivity contribution in [3.63, 3.8) is 0 Å². The van der Waals surface area contributed by atoms with Gasteiger partial charge in [-0.3, -0.25) is 0 Å². The van der Waals surface area contributed by atoms with Gasteiger partial charge in [-0.25, -0.2) is 9.37 Å². The molecule has 0 saturated carbocycles. The summed E-state index contributed by atoms with van der Waals surface area (Å²) < 4.78 is 12.9. The minimum Gasteiger partial charge on any atom is -0.345 e. The summed E-state index contributed by atoms with van der Waals surface area (Å²) in [4.78, 5) is 6.80. The smallest absolute Gasteiger partial charge is 0.125 e. The maximum Gasteiger partial charge on any atom is 0.125 e. The molecular formula is C9H6FN3. The van der Waals surface area contributed by atoms with E-state index in [0.29, 0.717) is 16.6 Å². The molecule has 0 radical (unpaired) electrons. The molecule has 3 nitrogen and oxygen atoms in total. The number of rotatable bonds is 1. The zero-order valence-electron chi connectivity index (χ0n) is 6.71. The third kappa shape index (κ3) is 1.25. The Morgan fingerprint density at radius 3 is 3.15 bits per heavy atom. The number of nitrogens with zero attached hydrogens (tertiary/aromatic N) is 2. The normalized spacial score (nSPS) is 10.2. The summed E-state index contributed by atoms with van der Waals surface area (Å²) in [7, 11) is 0. The molecule has 0 unspecified atom stereocenters. The molecule has 0 fully saturated rings. The minimum atomic E-state index is -0.345. The molecule has 2 rings (SSSR count). The molecule has 0 bridgehead atoms. The molecule has 1 heterocycles. The average molecular weight is 175 g/mol. The number of H-pyrrole nitrogens is 1. The predicted octanol–water partition coefficient (Wildman–Crippen LogP) is 1.77. The van der Waals surface area contributed by atoms with Crippen LogP contribution in [0.5, 0.6) is 0 Å². The van der Waals surface area contributed by atoms with Crippen molar-refractivity contribution in [2.24, 2.45) is 0 Å². The number of nitriles is 1. The number of benzene rings is 1. The summed E-state index contributed by atoms with van der Waals surface area (Å²) in [5.41, 5.74) is 1.92. The van der Waals surface area contributed by atoms with Gasteiger partial charge in [-0.05, 0) is 17.7 Å². The molecular weight excluding hydrogens is 169 g/mol. The van der Waals surface area contributed by atoms with Gasteiger partial charge in [0.25, 0.3) is 0 Å². The minimum absolute atomic E-state index is 0.180. The molecule has 1 N–H and O–H groups in total. The van der Waals surface area contributed by atoms with Crippen molar-refractivity contribution in [1.82, 2.24) is 9.97 Å². The molecule has 13 heavy (non-hydrogen) atoms. The van der Waals surface area contributed by atoms with Gasteiger partial charge >= 0.3 is 0 Å². The topological polar surface area (TPSA) is 52.5 Å². The fourth-order valence-corrected chi connectivity index (χ4v) is 1.30. The molecule has 0 saturated heterocycles. The van der Waals surface area contributed by atoms with Crippen LogP contribution < -0.4 is 0 Å². The number of hydrogen-bond acceptors (Lipinski definition) is 2. The van der Waals surface area contributed by atoms with Crippen LogP contribution in [0.2, 0.25) is 0 Å². The Hall–Kier alpha value is -1.89. The predicted molar refractivity (Wildman–Crippen MR) is 45.4 cm³/mol. The van der Waals surface area contributed by atoms with Crippen molar-refractivity contribution in [2.45, 2.75) is 6.42 Å². The van der Waals surface area contributed by atoms with Gasteiger partial charge in [-0.2, -0.15) is 5.26 Å². The van der Waals surface area contributed by atoms with E-state index in [1.54, 1.807) is 0 Å². The van der Waals surface area contributed by atoms with Crippen molar-refractivity contribution in [3.8, 4) is 6.07 Å². The first-order valence-electron chi connectivity index (χ1n) is 3.79. The number of aromatic nitrogens is 2. The summed E-state index contributed by atoms with van der Waals surface area (Å²) in [5, 5.41) is 8.50. The Morgan fingerprint density at radius 2 is 2.38 bits per heavy atom. The number of aromatic amines is 1. The van der Waals surface area contributed by atoms with Crippen molar-refractivity contribution in [2.75, 3.05) is 0 Å². The van der Waals surface area contributed by atoms with Gasteiger partial charge < -0.3 is 4.98 Å². The van der Waals surface area contributed by atoms with Gasteiger partial charge in [0, 0.05) is 0 Å². The van der Waals surface area contributed by atoms with Crippen LogP contribution in [-0.4, -0.2) is 9.97 Å². The monoisotopic (exact) mass is 175 g/mol. The third-order valence-corrected chi connectivity index (χ3v) is 1.84. The van der Waals surface area contributed by atoms with Crippen LogP contribution in [0, 0.1) is 17.1 Å². The summed E-state index contributed by atoms with van der Waals surface area (Å²) in [6, 6.07) is 4.68.